The Labute approximate surface area is 142 Å². The number of amides is 1. The predicted octanol–water partition coefficient (Wildman–Crippen LogP) is 2.68. The lowest BCUT2D eigenvalue weighted by atomic mass is 10.0. The van der Waals surface area contributed by atoms with E-state index in [0.717, 1.165) is 23.9 Å². The van der Waals surface area contributed by atoms with Gasteiger partial charge in [0.2, 0.25) is 5.91 Å². The predicted molar refractivity (Wildman–Crippen MR) is 94.8 cm³/mol. The number of hydrogen-bond acceptors (Lipinski definition) is 4. The van der Waals surface area contributed by atoms with E-state index >= 15 is 0 Å². The van der Waals surface area contributed by atoms with Crippen LogP contribution in [0.25, 0.3) is 10.9 Å². The molecule has 0 spiro atoms. The van der Waals surface area contributed by atoms with E-state index < -0.39 is 6.04 Å². The first kappa shape index (κ1) is 18.1. The number of carbonyl (C=O) groups excluding carboxylic acids is 1. The molecule has 1 N–H and O–H groups in total. The molecule has 1 amide bonds. The van der Waals surface area contributed by atoms with Crippen LogP contribution in [0.15, 0.2) is 29.1 Å². The van der Waals surface area contributed by atoms with Crippen molar-refractivity contribution in [2.45, 2.75) is 59.0 Å². The number of fused-ring (bicyclic) bond motifs is 1. The largest absolute Gasteiger partial charge is 0.352 e. The van der Waals surface area contributed by atoms with Crippen molar-refractivity contribution >= 4 is 16.8 Å². The van der Waals surface area contributed by atoms with E-state index in [9.17, 15) is 9.59 Å². The molecule has 24 heavy (non-hydrogen) atoms. The summed E-state index contributed by atoms with van der Waals surface area (Å²) >= 11 is 0. The molecular weight excluding hydrogens is 304 g/mol. The zero-order chi connectivity index (χ0) is 17.7. The van der Waals surface area contributed by atoms with Crippen LogP contribution >= 0.6 is 0 Å². The Balaban J connectivity index is 2.05. The van der Waals surface area contributed by atoms with E-state index in [1.54, 1.807) is 31.2 Å². The van der Waals surface area contributed by atoms with Gasteiger partial charge < -0.3 is 5.32 Å². The van der Waals surface area contributed by atoms with Gasteiger partial charge in [0.25, 0.3) is 5.56 Å². The SMILES string of the molecule is CC(C)CCC[C@H](C)NC(=O)[C@H](C)n1nnc2ccccc2c1=O. The summed E-state index contributed by atoms with van der Waals surface area (Å²) in [5, 5.41) is 11.4. The summed E-state index contributed by atoms with van der Waals surface area (Å²) in [6.45, 7) is 8.03. The molecule has 0 aliphatic carbocycles. The maximum atomic E-state index is 12.5. The zero-order valence-electron chi connectivity index (χ0n) is 14.8. The van der Waals surface area contributed by atoms with Crippen molar-refractivity contribution in [3.05, 3.63) is 34.6 Å². The second-order valence-electron chi connectivity index (χ2n) is 6.77. The fourth-order valence-corrected chi connectivity index (χ4v) is 2.63. The van der Waals surface area contributed by atoms with Crippen molar-refractivity contribution in [1.82, 2.24) is 20.3 Å². The summed E-state index contributed by atoms with van der Waals surface area (Å²) < 4.78 is 1.15. The lowest BCUT2D eigenvalue weighted by molar-refractivity contribution is -0.124. The summed E-state index contributed by atoms with van der Waals surface area (Å²) in [5.74, 6) is 0.456. The summed E-state index contributed by atoms with van der Waals surface area (Å²) in [5.41, 5.74) is 0.240. The third-order valence-electron chi connectivity index (χ3n) is 4.14. The first-order valence-corrected chi connectivity index (χ1v) is 8.54. The zero-order valence-corrected chi connectivity index (χ0v) is 14.8. The molecule has 2 atom stereocenters. The Morgan fingerprint density at radius 2 is 1.88 bits per heavy atom. The highest BCUT2D eigenvalue weighted by Crippen LogP contribution is 2.10. The third kappa shape index (κ3) is 4.40. The van der Waals surface area contributed by atoms with Crippen molar-refractivity contribution in [2.75, 3.05) is 0 Å². The van der Waals surface area contributed by atoms with Crippen LogP contribution in [-0.4, -0.2) is 26.9 Å². The van der Waals surface area contributed by atoms with Gasteiger partial charge >= 0.3 is 0 Å². The molecule has 0 radical (unpaired) electrons. The number of nitrogens with one attached hydrogen (secondary N) is 1. The van der Waals surface area contributed by atoms with Crippen LogP contribution in [0.2, 0.25) is 0 Å². The first-order chi connectivity index (χ1) is 11.4. The maximum Gasteiger partial charge on any atom is 0.278 e. The molecule has 0 fully saturated rings. The third-order valence-corrected chi connectivity index (χ3v) is 4.14. The van der Waals surface area contributed by atoms with Crippen LogP contribution in [0.1, 0.15) is 53.0 Å². The number of nitrogens with zero attached hydrogens (tertiary/aromatic N) is 3. The van der Waals surface area contributed by atoms with E-state index in [-0.39, 0.29) is 17.5 Å². The number of benzene rings is 1. The van der Waals surface area contributed by atoms with Crippen molar-refractivity contribution in [2.24, 2.45) is 5.92 Å². The highest BCUT2D eigenvalue weighted by atomic mass is 16.2. The van der Waals surface area contributed by atoms with Gasteiger partial charge in [-0.2, -0.15) is 4.68 Å². The first-order valence-electron chi connectivity index (χ1n) is 8.54. The lowest BCUT2D eigenvalue weighted by Gasteiger charge is -2.18. The van der Waals surface area contributed by atoms with Crippen LogP contribution in [0.4, 0.5) is 0 Å². The topological polar surface area (TPSA) is 76.9 Å². The minimum absolute atomic E-state index is 0.0721. The molecule has 130 valence electrons. The summed E-state index contributed by atoms with van der Waals surface area (Å²) in [6.07, 6.45) is 3.14. The van der Waals surface area contributed by atoms with Crippen LogP contribution in [-0.2, 0) is 4.79 Å². The van der Waals surface area contributed by atoms with Crippen molar-refractivity contribution < 1.29 is 4.79 Å². The monoisotopic (exact) mass is 330 g/mol. The minimum atomic E-state index is -0.692. The summed E-state index contributed by atoms with van der Waals surface area (Å²) in [4.78, 5) is 24.9. The molecule has 1 heterocycles. The van der Waals surface area contributed by atoms with E-state index in [4.69, 9.17) is 0 Å². The highest BCUT2D eigenvalue weighted by molar-refractivity contribution is 5.81. The molecule has 0 aliphatic heterocycles. The normalized spacial score (nSPS) is 13.9. The van der Waals surface area contributed by atoms with Gasteiger partial charge in [0.15, 0.2) is 0 Å². The minimum Gasteiger partial charge on any atom is -0.352 e. The molecule has 1 aromatic carbocycles. The van der Waals surface area contributed by atoms with Crippen LogP contribution < -0.4 is 10.9 Å². The fraction of sp³-hybridized carbons (Fsp3) is 0.556. The molecule has 6 heteroatoms. The quantitative estimate of drug-likeness (QED) is 0.847. The molecule has 0 unspecified atom stereocenters. The lowest BCUT2D eigenvalue weighted by Crippen LogP contribution is -2.41. The van der Waals surface area contributed by atoms with Crippen LogP contribution in [0, 0.1) is 5.92 Å². The Hall–Kier alpha value is -2.24. The number of hydrogen-bond donors (Lipinski definition) is 1. The van der Waals surface area contributed by atoms with E-state index in [1.165, 1.54) is 0 Å². The van der Waals surface area contributed by atoms with Gasteiger partial charge in [0.05, 0.1) is 5.39 Å². The van der Waals surface area contributed by atoms with Crippen molar-refractivity contribution in [1.29, 1.82) is 0 Å². The van der Waals surface area contributed by atoms with E-state index in [1.807, 2.05) is 6.92 Å². The summed E-state index contributed by atoms with van der Waals surface area (Å²) in [6, 6.07) is 6.38. The molecule has 2 aromatic rings. The average Bonchev–Trinajstić information content (AvgIpc) is 2.54. The van der Waals surface area contributed by atoms with Gasteiger partial charge in [-0.05, 0) is 38.3 Å². The van der Waals surface area contributed by atoms with Crippen LogP contribution in [0.5, 0.6) is 0 Å². The standard InChI is InChI=1S/C18H26N4O2/c1-12(2)8-7-9-13(3)19-17(23)14(4)22-18(24)15-10-5-6-11-16(15)20-21-22/h5-6,10-14H,7-9H2,1-4H3,(H,19,23)/t13-,14-/m0/s1. The van der Waals surface area contributed by atoms with Gasteiger partial charge in [-0.15, -0.1) is 5.10 Å². The van der Waals surface area contributed by atoms with Gasteiger partial charge in [0.1, 0.15) is 11.6 Å². The molecule has 0 saturated heterocycles. The van der Waals surface area contributed by atoms with Gasteiger partial charge in [-0.3, -0.25) is 9.59 Å². The molecule has 2 rings (SSSR count). The maximum absolute atomic E-state index is 12.5. The highest BCUT2D eigenvalue weighted by Gasteiger charge is 2.20. The second kappa shape index (κ2) is 8.04. The van der Waals surface area contributed by atoms with Crippen molar-refractivity contribution in [3.8, 4) is 0 Å². The van der Waals surface area contributed by atoms with E-state index in [0.29, 0.717) is 16.8 Å². The number of aromatic nitrogens is 3. The number of rotatable bonds is 7. The van der Waals surface area contributed by atoms with Crippen molar-refractivity contribution in [3.63, 3.8) is 0 Å². The molecule has 0 bridgehead atoms. The Bertz CT molecular complexity index is 754. The van der Waals surface area contributed by atoms with E-state index in [2.05, 4.69) is 29.5 Å². The molecule has 0 aliphatic rings. The Kier molecular flexibility index (Phi) is 6.06. The van der Waals surface area contributed by atoms with Crippen LogP contribution in [0.3, 0.4) is 0 Å². The molecule has 1 aromatic heterocycles. The smallest absolute Gasteiger partial charge is 0.278 e. The number of carbonyl (C=O) groups is 1. The molecular formula is C18H26N4O2. The van der Waals surface area contributed by atoms with Gasteiger partial charge in [-0.1, -0.05) is 44.0 Å². The molecule has 6 nitrogen and oxygen atoms in total. The summed E-state index contributed by atoms with van der Waals surface area (Å²) in [7, 11) is 0. The second-order valence-corrected chi connectivity index (χ2v) is 6.77. The fourth-order valence-electron chi connectivity index (χ4n) is 2.63. The molecule has 0 saturated carbocycles. The Morgan fingerprint density at radius 1 is 1.17 bits per heavy atom. The van der Waals surface area contributed by atoms with Gasteiger partial charge in [-0.25, -0.2) is 0 Å². The Morgan fingerprint density at radius 3 is 2.58 bits per heavy atom. The van der Waals surface area contributed by atoms with Gasteiger partial charge in [0, 0.05) is 6.04 Å². The average molecular weight is 330 g/mol.